The fourth-order valence-electron chi connectivity index (χ4n) is 3.22. The second-order valence-electron chi connectivity index (χ2n) is 7.14. The molecule has 0 aromatic heterocycles. The predicted molar refractivity (Wildman–Crippen MR) is 116 cm³/mol. The van der Waals surface area contributed by atoms with Gasteiger partial charge in [0.1, 0.15) is 5.75 Å². The fourth-order valence-corrected chi connectivity index (χ4v) is 3.22. The number of rotatable bonds is 11. The number of benzene rings is 2. The number of hydrogen-bond acceptors (Lipinski definition) is 6. The number of nitrogens with two attached hydrogens (primary N) is 1. The van der Waals surface area contributed by atoms with E-state index >= 15 is 0 Å². The number of carbonyl (C=O) groups excluding carboxylic acids is 2. The molecule has 0 aliphatic carbocycles. The van der Waals surface area contributed by atoms with Gasteiger partial charge >= 0.3 is 17.8 Å². The molecule has 11 heteroatoms. The molecule has 8 nitrogen and oxygen atoms in total. The van der Waals surface area contributed by atoms with Crippen LogP contribution in [-0.4, -0.2) is 58.2 Å². The maximum Gasteiger partial charge on any atom is 0.478 e. The predicted octanol–water partition coefficient (Wildman–Crippen LogP) is 2.07. The smallest absolute Gasteiger partial charge is 0.478 e. The van der Waals surface area contributed by atoms with Crippen molar-refractivity contribution < 1.29 is 47.0 Å². The van der Waals surface area contributed by atoms with Gasteiger partial charge in [-0.1, -0.05) is 6.07 Å². The summed E-state index contributed by atoms with van der Waals surface area (Å²) in [5, 5.41) is 2.58. The Labute approximate surface area is 195 Å². The lowest BCUT2D eigenvalue weighted by atomic mass is 10.1. The third kappa shape index (κ3) is 6.10. The zero-order valence-corrected chi connectivity index (χ0v) is 19.3. The lowest BCUT2D eigenvalue weighted by Gasteiger charge is -2.31. The first kappa shape index (κ1) is 26.8. The molecule has 0 radical (unpaired) electrons. The number of nitrogens with one attached hydrogen (secondary N) is 1. The largest absolute Gasteiger partial charge is 0.497 e. The summed E-state index contributed by atoms with van der Waals surface area (Å²) in [7, 11) is 4.32. The second-order valence-corrected chi connectivity index (χ2v) is 7.14. The molecule has 0 aliphatic rings. The Morgan fingerprint density at radius 2 is 1.59 bits per heavy atom. The Balaban J connectivity index is 2.30. The third-order valence-electron chi connectivity index (χ3n) is 5.04. The lowest BCUT2D eigenvalue weighted by Crippen LogP contribution is -3.07. The van der Waals surface area contributed by atoms with Crippen molar-refractivity contribution in [1.82, 2.24) is 5.32 Å². The van der Waals surface area contributed by atoms with Gasteiger partial charge in [0.05, 0.1) is 34.5 Å². The van der Waals surface area contributed by atoms with Crippen molar-refractivity contribution in [3.05, 3.63) is 53.6 Å². The number of ether oxygens (including phenoxy) is 4. The van der Waals surface area contributed by atoms with Gasteiger partial charge in [0.2, 0.25) is 0 Å². The van der Waals surface area contributed by atoms with Crippen LogP contribution in [0.25, 0.3) is 0 Å². The average molecular weight is 485 g/mol. The molecule has 0 unspecified atom stereocenters. The van der Waals surface area contributed by atoms with Crippen LogP contribution >= 0.6 is 0 Å². The summed E-state index contributed by atoms with van der Waals surface area (Å²) in [5.74, 6) is -1.39. The molecule has 2 rings (SSSR count). The van der Waals surface area contributed by atoms with Crippen LogP contribution in [0.2, 0.25) is 0 Å². The maximum atomic E-state index is 14.3. The highest BCUT2D eigenvalue weighted by molar-refractivity contribution is 5.97. The van der Waals surface area contributed by atoms with Crippen molar-refractivity contribution in [3.8, 4) is 17.2 Å². The summed E-state index contributed by atoms with van der Waals surface area (Å²) in [5.41, 5.74) is -2.77. The van der Waals surface area contributed by atoms with E-state index in [2.05, 4.69) is 0 Å². The van der Waals surface area contributed by atoms with E-state index in [9.17, 15) is 22.8 Å². The third-order valence-corrected chi connectivity index (χ3v) is 5.04. The van der Waals surface area contributed by atoms with Crippen molar-refractivity contribution in [2.45, 2.75) is 25.2 Å². The first-order chi connectivity index (χ1) is 16.1. The Morgan fingerprint density at radius 1 is 0.941 bits per heavy atom. The van der Waals surface area contributed by atoms with Crippen LogP contribution in [0.3, 0.4) is 0 Å². The molecule has 186 valence electrons. The van der Waals surface area contributed by atoms with E-state index in [1.54, 1.807) is 18.2 Å². The zero-order valence-electron chi connectivity index (χ0n) is 19.3. The Morgan fingerprint density at radius 3 is 2.12 bits per heavy atom. The summed E-state index contributed by atoms with van der Waals surface area (Å²) >= 11 is 0. The SMILES string of the molecule is CCOC(=O)[C@@](NC(=O)c1ccc(OC)cc1)([NH2+]CCc1ccc(OC)c(OC)c1)C(F)(F)F. The van der Waals surface area contributed by atoms with Crippen molar-refractivity contribution in [2.24, 2.45) is 0 Å². The Bertz CT molecular complexity index is 982. The monoisotopic (exact) mass is 485 g/mol. The molecular formula is C23H28F3N2O6+. The van der Waals surface area contributed by atoms with E-state index in [1.807, 2.05) is 5.32 Å². The van der Waals surface area contributed by atoms with Gasteiger partial charge < -0.3 is 24.3 Å². The number of carbonyl (C=O) groups is 2. The van der Waals surface area contributed by atoms with Gasteiger partial charge in [-0.2, -0.15) is 13.2 Å². The van der Waals surface area contributed by atoms with Crippen LogP contribution in [-0.2, 0) is 16.0 Å². The first-order valence-electron chi connectivity index (χ1n) is 10.4. The van der Waals surface area contributed by atoms with Crippen LogP contribution in [0.5, 0.6) is 17.2 Å². The normalized spacial score (nSPS) is 12.9. The van der Waals surface area contributed by atoms with Crippen molar-refractivity contribution in [1.29, 1.82) is 0 Å². The summed E-state index contributed by atoms with van der Waals surface area (Å²) in [4.78, 5) is 25.3. The van der Waals surface area contributed by atoms with Crippen LogP contribution < -0.4 is 24.8 Å². The number of methoxy groups -OCH3 is 3. The van der Waals surface area contributed by atoms with Crippen molar-refractivity contribution in [3.63, 3.8) is 0 Å². The van der Waals surface area contributed by atoms with Crippen LogP contribution in [0, 0.1) is 0 Å². The van der Waals surface area contributed by atoms with Gasteiger partial charge in [-0.25, -0.2) is 4.79 Å². The molecular weight excluding hydrogens is 457 g/mol. The Hall–Kier alpha value is -3.47. The highest BCUT2D eigenvalue weighted by Gasteiger charge is 2.67. The highest BCUT2D eigenvalue weighted by atomic mass is 19.4. The first-order valence-corrected chi connectivity index (χ1v) is 10.4. The topological polar surface area (TPSA) is 99.7 Å². The summed E-state index contributed by atoms with van der Waals surface area (Å²) in [6, 6.07) is 10.4. The van der Waals surface area contributed by atoms with Crippen molar-refractivity contribution in [2.75, 3.05) is 34.5 Å². The molecule has 1 amide bonds. The van der Waals surface area contributed by atoms with Gasteiger partial charge in [-0.15, -0.1) is 0 Å². The minimum Gasteiger partial charge on any atom is -0.497 e. The summed E-state index contributed by atoms with van der Waals surface area (Å²) < 4.78 is 62.9. The molecule has 3 N–H and O–H groups in total. The van der Waals surface area contributed by atoms with Gasteiger partial charge in [0.15, 0.2) is 11.5 Å². The quantitative estimate of drug-likeness (QED) is 0.374. The van der Waals surface area contributed by atoms with E-state index in [-0.39, 0.29) is 25.1 Å². The number of quaternary nitrogens is 1. The van der Waals surface area contributed by atoms with Gasteiger partial charge in [0, 0.05) is 12.0 Å². The second kappa shape index (κ2) is 11.6. The number of esters is 1. The summed E-state index contributed by atoms with van der Waals surface area (Å²) in [6.45, 7) is 0.892. The van der Waals surface area contributed by atoms with E-state index in [0.717, 1.165) is 5.32 Å². The highest BCUT2D eigenvalue weighted by Crippen LogP contribution is 2.29. The standard InChI is InChI=1S/C23H27F3N2O6/c1-5-34-21(30)22(23(24,25)26,28-20(29)16-7-9-17(31-2)10-8-16)27-13-12-15-6-11-18(32-3)19(14-15)33-4/h6-11,14,27H,5,12-13H2,1-4H3,(H,28,29)/p+1/t22-/m0/s1. The van der Waals surface area contributed by atoms with Crippen molar-refractivity contribution >= 4 is 11.9 Å². The van der Waals surface area contributed by atoms with E-state index in [1.165, 1.54) is 52.5 Å². The molecule has 2 aromatic carbocycles. The molecule has 2 aromatic rings. The van der Waals surface area contributed by atoms with Gasteiger partial charge in [-0.05, 0) is 48.9 Å². The molecule has 1 atom stereocenters. The number of alkyl halides is 3. The minimum absolute atomic E-state index is 0.0768. The molecule has 0 aliphatic heterocycles. The van der Waals surface area contributed by atoms with Crippen LogP contribution in [0.4, 0.5) is 13.2 Å². The molecule has 0 heterocycles. The zero-order chi connectivity index (χ0) is 25.4. The van der Waals surface area contributed by atoms with E-state index in [0.29, 0.717) is 22.8 Å². The van der Waals surface area contributed by atoms with Crippen LogP contribution in [0.15, 0.2) is 42.5 Å². The van der Waals surface area contributed by atoms with Gasteiger partial charge in [-0.3, -0.25) is 10.1 Å². The molecule has 0 spiro atoms. The summed E-state index contributed by atoms with van der Waals surface area (Å²) in [6.07, 6.45) is -5.02. The van der Waals surface area contributed by atoms with E-state index < -0.39 is 23.7 Å². The van der Waals surface area contributed by atoms with Gasteiger partial charge in [0.25, 0.3) is 5.91 Å². The molecule has 0 bridgehead atoms. The molecule has 0 fully saturated rings. The number of halogens is 3. The van der Waals surface area contributed by atoms with E-state index in [4.69, 9.17) is 18.9 Å². The fraction of sp³-hybridized carbons (Fsp3) is 0.391. The Kier molecular flexibility index (Phi) is 9.13. The molecule has 34 heavy (non-hydrogen) atoms. The molecule has 0 saturated heterocycles. The number of hydrogen-bond donors (Lipinski definition) is 2. The molecule has 0 saturated carbocycles. The number of amides is 1. The average Bonchev–Trinajstić information content (AvgIpc) is 2.82. The maximum absolute atomic E-state index is 14.3. The van der Waals surface area contributed by atoms with Crippen LogP contribution in [0.1, 0.15) is 22.8 Å². The lowest BCUT2D eigenvalue weighted by molar-refractivity contribution is -0.743. The minimum atomic E-state index is -5.15.